The first-order valence-electron chi connectivity index (χ1n) is 3.74. The van der Waals surface area contributed by atoms with Crippen LogP contribution >= 0.6 is 0 Å². The smallest absolute Gasteiger partial charge is 0.335 e. The molecule has 0 saturated carbocycles. The monoisotopic (exact) mass is 176 g/mol. The van der Waals surface area contributed by atoms with E-state index in [-0.39, 0.29) is 6.61 Å². The molecule has 0 aromatic heterocycles. The van der Waals surface area contributed by atoms with Crippen LogP contribution in [-0.4, -0.2) is 46.2 Å². The van der Waals surface area contributed by atoms with Gasteiger partial charge in [0.15, 0.2) is 6.10 Å². The van der Waals surface area contributed by atoms with E-state index in [0.717, 1.165) is 0 Å². The number of ether oxygens (including phenoxy) is 1. The fourth-order valence-electron chi connectivity index (χ4n) is 1.17. The summed E-state index contributed by atoms with van der Waals surface area (Å²) in [5.41, 5.74) is 0. The Bertz CT molecular complexity index is 181. The van der Waals surface area contributed by atoms with Gasteiger partial charge in [0.25, 0.3) is 0 Å². The number of hydrogen-bond acceptors (Lipinski definition) is 4. The number of carbonyl (C=O) groups is 1. The molecular weight excluding hydrogens is 164 g/mol. The van der Waals surface area contributed by atoms with Gasteiger partial charge in [-0.3, -0.25) is 0 Å². The lowest BCUT2D eigenvalue weighted by Crippen LogP contribution is -2.51. The predicted molar refractivity (Wildman–Crippen MR) is 38.6 cm³/mol. The van der Waals surface area contributed by atoms with Gasteiger partial charge in [0.1, 0.15) is 0 Å². The van der Waals surface area contributed by atoms with E-state index in [4.69, 9.17) is 14.9 Å². The molecule has 1 fully saturated rings. The molecule has 1 aliphatic rings. The highest BCUT2D eigenvalue weighted by Crippen LogP contribution is 2.20. The summed E-state index contributed by atoms with van der Waals surface area (Å²) in [6.07, 6.45) is -3.12. The summed E-state index contributed by atoms with van der Waals surface area (Å²) < 4.78 is 4.73. The average molecular weight is 176 g/mol. The summed E-state index contributed by atoms with van der Waals surface area (Å²) in [6.45, 7) is 1.56. The molecule has 5 nitrogen and oxygen atoms in total. The van der Waals surface area contributed by atoms with Crippen LogP contribution in [0.4, 0.5) is 0 Å². The third-order valence-corrected chi connectivity index (χ3v) is 2.15. The van der Waals surface area contributed by atoms with Crippen LogP contribution < -0.4 is 0 Å². The zero-order chi connectivity index (χ0) is 9.30. The van der Waals surface area contributed by atoms with Crippen LogP contribution in [0.1, 0.15) is 6.92 Å². The lowest BCUT2D eigenvalue weighted by Gasteiger charge is -2.33. The van der Waals surface area contributed by atoms with E-state index in [1.54, 1.807) is 6.92 Å². The van der Waals surface area contributed by atoms with Crippen molar-refractivity contribution < 1.29 is 24.9 Å². The quantitative estimate of drug-likeness (QED) is 0.468. The van der Waals surface area contributed by atoms with Crippen molar-refractivity contribution in [3.05, 3.63) is 0 Å². The number of aliphatic hydroxyl groups is 2. The molecule has 3 N–H and O–H groups in total. The van der Waals surface area contributed by atoms with Crippen molar-refractivity contribution in [3.8, 4) is 0 Å². The second-order valence-electron chi connectivity index (χ2n) is 3.01. The summed E-state index contributed by atoms with van der Waals surface area (Å²) in [5, 5.41) is 27.0. The van der Waals surface area contributed by atoms with Gasteiger partial charge in [-0.2, -0.15) is 0 Å². The highest BCUT2D eigenvalue weighted by atomic mass is 16.5. The molecule has 0 amide bonds. The first-order chi connectivity index (χ1) is 5.54. The number of hydrogen-bond donors (Lipinski definition) is 3. The molecule has 4 atom stereocenters. The Morgan fingerprint density at radius 3 is 2.58 bits per heavy atom. The molecule has 0 aliphatic carbocycles. The second-order valence-corrected chi connectivity index (χ2v) is 3.01. The predicted octanol–water partition coefficient (Wildman–Crippen LogP) is -1.17. The molecule has 1 aliphatic heterocycles. The highest BCUT2D eigenvalue weighted by molar-refractivity contribution is 5.73. The van der Waals surface area contributed by atoms with Gasteiger partial charge >= 0.3 is 5.97 Å². The summed E-state index contributed by atoms with van der Waals surface area (Å²) in [6, 6.07) is 0. The minimum absolute atomic E-state index is 0.0325. The molecule has 0 spiro atoms. The summed E-state index contributed by atoms with van der Waals surface area (Å²) in [7, 11) is 0. The molecular formula is C7H12O5. The van der Waals surface area contributed by atoms with Crippen LogP contribution in [0.2, 0.25) is 0 Å². The van der Waals surface area contributed by atoms with Crippen LogP contribution in [0, 0.1) is 5.92 Å². The van der Waals surface area contributed by atoms with Gasteiger partial charge in [-0.15, -0.1) is 0 Å². The van der Waals surface area contributed by atoms with Crippen molar-refractivity contribution in [3.63, 3.8) is 0 Å². The van der Waals surface area contributed by atoms with Crippen LogP contribution in [-0.2, 0) is 9.53 Å². The Balaban J connectivity index is 2.65. The van der Waals surface area contributed by atoms with E-state index < -0.39 is 30.2 Å². The summed E-state index contributed by atoms with van der Waals surface area (Å²) in [4.78, 5) is 10.5. The zero-order valence-corrected chi connectivity index (χ0v) is 6.67. The third-order valence-electron chi connectivity index (χ3n) is 2.15. The largest absolute Gasteiger partial charge is 0.479 e. The number of rotatable bonds is 1. The fraction of sp³-hybridized carbons (Fsp3) is 0.857. The van der Waals surface area contributed by atoms with Crippen molar-refractivity contribution in [2.75, 3.05) is 6.61 Å². The van der Waals surface area contributed by atoms with Crippen LogP contribution in [0.3, 0.4) is 0 Å². The summed E-state index contributed by atoms with van der Waals surface area (Å²) >= 11 is 0. The van der Waals surface area contributed by atoms with E-state index in [2.05, 4.69) is 0 Å². The number of carboxylic acids is 1. The Labute approximate surface area is 69.6 Å². The lowest BCUT2D eigenvalue weighted by atomic mass is 9.92. The van der Waals surface area contributed by atoms with Crippen molar-refractivity contribution in [2.45, 2.75) is 25.2 Å². The molecule has 70 valence electrons. The van der Waals surface area contributed by atoms with Gasteiger partial charge in [-0.05, 0) is 0 Å². The molecule has 0 radical (unpaired) electrons. The molecule has 0 aromatic rings. The normalized spacial score (nSPS) is 42.6. The second kappa shape index (κ2) is 3.38. The van der Waals surface area contributed by atoms with Crippen molar-refractivity contribution in [1.82, 2.24) is 0 Å². The molecule has 12 heavy (non-hydrogen) atoms. The summed E-state index contributed by atoms with van der Waals surface area (Å²) in [5.74, 6) is -1.65. The van der Waals surface area contributed by atoms with Gasteiger partial charge < -0.3 is 20.1 Å². The minimum atomic E-state index is -1.21. The van der Waals surface area contributed by atoms with Crippen LogP contribution in [0.15, 0.2) is 0 Å². The highest BCUT2D eigenvalue weighted by Gasteiger charge is 2.39. The Morgan fingerprint density at radius 2 is 2.08 bits per heavy atom. The molecule has 0 bridgehead atoms. The van der Waals surface area contributed by atoms with E-state index in [0.29, 0.717) is 0 Å². The number of carboxylic acid groups (broad SMARTS) is 1. The maximum atomic E-state index is 10.5. The molecule has 1 rings (SSSR count). The molecule has 0 aromatic carbocycles. The third kappa shape index (κ3) is 1.57. The van der Waals surface area contributed by atoms with E-state index in [1.807, 2.05) is 0 Å². The van der Waals surface area contributed by atoms with Crippen LogP contribution in [0.5, 0.6) is 0 Å². The van der Waals surface area contributed by atoms with Crippen LogP contribution in [0.25, 0.3) is 0 Å². The molecule has 5 heteroatoms. The first kappa shape index (κ1) is 9.44. The molecule has 3 unspecified atom stereocenters. The maximum Gasteiger partial charge on any atom is 0.335 e. The van der Waals surface area contributed by atoms with Gasteiger partial charge in [0.05, 0.1) is 18.8 Å². The average Bonchev–Trinajstić information content (AvgIpc) is 2.00. The lowest BCUT2D eigenvalue weighted by molar-refractivity contribution is -0.184. The standard InChI is InChI=1S/C7H12O5/c1-3-4(8)2-12-6(5(3)9)7(10)11/h3-6,8-9H,2H2,1H3,(H,10,11)/t3?,4?,5-,6?/m1/s1. The Morgan fingerprint density at radius 1 is 1.50 bits per heavy atom. The van der Waals surface area contributed by atoms with Gasteiger partial charge in [-0.25, -0.2) is 4.79 Å². The fourth-order valence-corrected chi connectivity index (χ4v) is 1.17. The number of aliphatic carboxylic acids is 1. The number of aliphatic hydroxyl groups excluding tert-OH is 2. The van der Waals surface area contributed by atoms with Gasteiger partial charge in [-0.1, -0.05) is 6.92 Å². The van der Waals surface area contributed by atoms with Gasteiger partial charge in [0.2, 0.25) is 0 Å². The topological polar surface area (TPSA) is 87.0 Å². The SMILES string of the molecule is CC1C(O)COC(C(=O)O)[C@@H]1O. The minimum Gasteiger partial charge on any atom is -0.479 e. The Kier molecular flexibility index (Phi) is 2.66. The molecule has 1 heterocycles. The van der Waals surface area contributed by atoms with E-state index in [1.165, 1.54) is 0 Å². The maximum absolute atomic E-state index is 10.5. The molecule has 1 saturated heterocycles. The van der Waals surface area contributed by atoms with Crippen molar-refractivity contribution in [1.29, 1.82) is 0 Å². The van der Waals surface area contributed by atoms with Gasteiger partial charge in [0, 0.05) is 5.92 Å². The first-order valence-corrected chi connectivity index (χ1v) is 3.74. The van der Waals surface area contributed by atoms with E-state index >= 15 is 0 Å². The van der Waals surface area contributed by atoms with Crippen molar-refractivity contribution in [2.24, 2.45) is 5.92 Å². The van der Waals surface area contributed by atoms with E-state index in [9.17, 15) is 9.90 Å². The van der Waals surface area contributed by atoms with Crippen molar-refractivity contribution >= 4 is 5.97 Å². The Hall–Kier alpha value is -0.650. The zero-order valence-electron chi connectivity index (χ0n) is 6.67.